The molecule has 1 N–H and O–H groups in total. The van der Waals surface area contributed by atoms with Gasteiger partial charge in [-0.3, -0.25) is 0 Å². The molecular weight excluding hydrogens is 296 g/mol. The van der Waals surface area contributed by atoms with Crippen molar-refractivity contribution in [3.63, 3.8) is 0 Å². The average molecular weight is 311 g/mol. The second-order valence-corrected chi connectivity index (χ2v) is 5.64. The van der Waals surface area contributed by atoms with Crippen molar-refractivity contribution in [3.8, 4) is 5.69 Å². The third kappa shape index (κ3) is 2.59. The van der Waals surface area contributed by atoms with Crippen molar-refractivity contribution in [1.82, 2.24) is 9.78 Å². The van der Waals surface area contributed by atoms with Gasteiger partial charge in [0.1, 0.15) is 17.5 Å². The molecule has 0 amide bonds. The lowest BCUT2D eigenvalue weighted by atomic mass is 10.1. The zero-order valence-electron chi connectivity index (χ0n) is 12.4. The molecule has 1 aliphatic rings. The van der Waals surface area contributed by atoms with Gasteiger partial charge in [0.15, 0.2) is 0 Å². The van der Waals surface area contributed by atoms with Gasteiger partial charge in [-0.25, -0.2) is 13.5 Å². The fourth-order valence-corrected chi connectivity index (χ4v) is 2.95. The lowest BCUT2D eigenvalue weighted by Gasteiger charge is -2.06. The number of halogens is 2. The number of benzene rings is 2. The molecule has 0 spiro atoms. The summed E-state index contributed by atoms with van der Waals surface area (Å²) >= 11 is 0. The Labute approximate surface area is 132 Å². The van der Waals surface area contributed by atoms with E-state index in [0.717, 1.165) is 35.7 Å². The van der Waals surface area contributed by atoms with Crippen molar-refractivity contribution in [2.45, 2.75) is 12.8 Å². The Morgan fingerprint density at radius 2 is 1.61 bits per heavy atom. The fraction of sp³-hybridized carbons (Fsp3) is 0.167. The largest absolute Gasteiger partial charge is 0.369 e. The van der Waals surface area contributed by atoms with E-state index in [-0.39, 0.29) is 11.6 Å². The van der Waals surface area contributed by atoms with Gasteiger partial charge in [-0.05, 0) is 48.4 Å². The highest BCUT2D eigenvalue weighted by molar-refractivity contribution is 5.57. The number of fused-ring (bicyclic) bond motifs is 1. The summed E-state index contributed by atoms with van der Waals surface area (Å²) in [7, 11) is 0. The van der Waals surface area contributed by atoms with E-state index in [1.807, 2.05) is 4.68 Å². The molecule has 5 heteroatoms. The van der Waals surface area contributed by atoms with Crippen LogP contribution in [0, 0.1) is 11.6 Å². The van der Waals surface area contributed by atoms with Gasteiger partial charge in [0.2, 0.25) is 0 Å². The quantitative estimate of drug-likeness (QED) is 0.799. The minimum Gasteiger partial charge on any atom is -0.369 e. The molecule has 0 aliphatic carbocycles. The summed E-state index contributed by atoms with van der Waals surface area (Å²) in [6, 6.07) is 12.8. The van der Waals surface area contributed by atoms with E-state index in [4.69, 9.17) is 0 Å². The topological polar surface area (TPSA) is 29.9 Å². The van der Waals surface area contributed by atoms with Crippen molar-refractivity contribution in [1.29, 1.82) is 0 Å². The number of aromatic nitrogens is 2. The van der Waals surface area contributed by atoms with Crippen LogP contribution in [0.5, 0.6) is 0 Å². The van der Waals surface area contributed by atoms with Gasteiger partial charge in [-0.15, -0.1) is 0 Å². The van der Waals surface area contributed by atoms with E-state index < -0.39 is 0 Å². The minimum atomic E-state index is -0.267. The first-order chi connectivity index (χ1) is 11.2. The van der Waals surface area contributed by atoms with Crippen molar-refractivity contribution >= 4 is 5.82 Å². The third-order valence-electron chi connectivity index (χ3n) is 4.09. The Hall–Kier alpha value is -2.69. The van der Waals surface area contributed by atoms with Gasteiger partial charge in [-0.1, -0.05) is 12.1 Å². The smallest absolute Gasteiger partial charge is 0.133 e. The van der Waals surface area contributed by atoms with Crippen LogP contribution < -0.4 is 5.32 Å². The van der Waals surface area contributed by atoms with E-state index in [1.54, 1.807) is 24.3 Å². The molecule has 4 rings (SSSR count). The first-order valence-electron chi connectivity index (χ1n) is 7.56. The van der Waals surface area contributed by atoms with Crippen molar-refractivity contribution < 1.29 is 8.78 Å². The van der Waals surface area contributed by atoms with Crippen LogP contribution in [0.2, 0.25) is 0 Å². The monoisotopic (exact) mass is 311 g/mol. The zero-order valence-corrected chi connectivity index (χ0v) is 12.4. The predicted octanol–water partition coefficient (Wildman–Crippen LogP) is 3.71. The van der Waals surface area contributed by atoms with E-state index in [1.165, 1.54) is 29.8 Å². The fourth-order valence-electron chi connectivity index (χ4n) is 2.95. The van der Waals surface area contributed by atoms with E-state index in [9.17, 15) is 8.78 Å². The molecule has 1 aliphatic heterocycles. The summed E-state index contributed by atoms with van der Waals surface area (Å²) in [4.78, 5) is 0. The first kappa shape index (κ1) is 13.9. The molecule has 0 fully saturated rings. The summed E-state index contributed by atoms with van der Waals surface area (Å²) in [5.41, 5.74) is 3.99. The number of nitrogens with one attached hydrogen (secondary N) is 1. The van der Waals surface area contributed by atoms with Gasteiger partial charge in [-0.2, -0.15) is 5.10 Å². The van der Waals surface area contributed by atoms with Gasteiger partial charge < -0.3 is 5.32 Å². The van der Waals surface area contributed by atoms with E-state index >= 15 is 0 Å². The number of rotatable bonds is 3. The van der Waals surface area contributed by atoms with Crippen LogP contribution in [0.1, 0.15) is 16.8 Å². The van der Waals surface area contributed by atoms with Gasteiger partial charge >= 0.3 is 0 Å². The third-order valence-corrected chi connectivity index (χ3v) is 4.09. The lowest BCUT2D eigenvalue weighted by Crippen LogP contribution is -2.05. The van der Waals surface area contributed by atoms with E-state index in [2.05, 4.69) is 10.4 Å². The minimum absolute atomic E-state index is 0.238. The highest BCUT2D eigenvalue weighted by Crippen LogP contribution is 2.30. The Morgan fingerprint density at radius 3 is 2.30 bits per heavy atom. The lowest BCUT2D eigenvalue weighted by molar-refractivity contribution is 0.626. The highest BCUT2D eigenvalue weighted by Gasteiger charge is 2.23. The highest BCUT2D eigenvalue weighted by atomic mass is 19.1. The maximum absolute atomic E-state index is 13.1. The molecule has 0 unspecified atom stereocenters. The molecule has 3 nitrogen and oxygen atoms in total. The Morgan fingerprint density at radius 1 is 0.957 bits per heavy atom. The molecule has 23 heavy (non-hydrogen) atoms. The van der Waals surface area contributed by atoms with Crippen molar-refractivity contribution in [3.05, 3.63) is 77.0 Å². The van der Waals surface area contributed by atoms with Crippen molar-refractivity contribution in [2.75, 3.05) is 11.9 Å². The average Bonchev–Trinajstić information content (AvgIpc) is 3.14. The number of hydrogen-bond donors (Lipinski definition) is 1. The van der Waals surface area contributed by atoms with E-state index in [0.29, 0.717) is 6.42 Å². The normalized spacial score (nSPS) is 13.0. The molecule has 1 aromatic heterocycles. The molecule has 0 bridgehead atoms. The first-order valence-corrected chi connectivity index (χ1v) is 7.56. The molecule has 0 saturated carbocycles. The van der Waals surface area contributed by atoms with Crippen LogP contribution in [-0.4, -0.2) is 16.3 Å². The Balaban J connectivity index is 1.72. The predicted molar refractivity (Wildman–Crippen MR) is 84.9 cm³/mol. The van der Waals surface area contributed by atoms with Gasteiger partial charge in [0.05, 0.1) is 11.4 Å². The zero-order chi connectivity index (χ0) is 15.8. The van der Waals surface area contributed by atoms with Crippen LogP contribution in [0.4, 0.5) is 14.6 Å². The Bertz CT molecular complexity index is 836. The molecular formula is C18H15F2N3. The molecule has 0 radical (unpaired) electrons. The number of nitrogens with zero attached hydrogens (tertiary/aromatic N) is 2. The molecule has 2 aromatic carbocycles. The van der Waals surface area contributed by atoms with Gasteiger partial charge in [0, 0.05) is 18.5 Å². The summed E-state index contributed by atoms with van der Waals surface area (Å²) < 4.78 is 28.0. The summed E-state index contributed by atoms with van der Waals surface area (Å²) in [5, 5.41) is 8.03. The second kappa shape index (κ2) is 5.50. The maximum atomic E-state index is 13.1. The molecule has 0 saturated heterocycles. The van der Waals surface area contributed by atoms with Crippen LogP contribution in [0.25, 0.3) is 5.69 Å². The van der Waals surface area contributed by atoms with Crippen LogP contribution in [-0.2, 0) is 12.8 Å². The van der Waals surface area contributed by atoms with Crippen LogP contribution >= 0.6 is 0 Å². The number of hydrogen-bond acceptors (Lipinski definition) is 2. The van der Waals surface area contributed by atoms with Crippen molar-refractivity contribution in [2.24, 2.45) is 0 Å². The SMILES string of the molecule is Fc1ccc(Cc2nn(-c3ccc(F)cc3)c3c2CCN3)cc1. The number of anilines is 1. The summed E-state index contributed by atoms with van der Waals surface area (Å²) in [6.45, 7) is 0.866. The molecule has 3 aromatic rings. The van der Waals surface area contributed by atoms with Crippen LogP contribution in [0.3, 0.4) is 0 Å². The summed E-state index contributed by atoms with van der Waals surface area (Å²) in [5.74, 6) is 0.461. The molecule has 0 atom stereocenters. The maximum Gasteiger partial charge on any atom is 0.133 e. The Kier molecular flexibility index (Phi) is 3.33. The molecule has 116 valence electrons. The standard InChI is InChI=1S/C18H15F2N3/c19-13-3-1-12(2-4-13)11-17-16-9-10-21-18(16)23(22-17)15-7-5-14(20)6-8-15/h1-8,21H,9-11H2. The molecule has 2 heterocycles. The summed E-state index contributed by atoms with van der Waals surface area (Å²) in [6.07, 6.45) is 1.56. The van der Waals surface area contributed by atoms with Gasteiger partial charge in [0.25, 0.3) is 0 Å². The van der Waals surface area contributed by atoms with Crippen LogP contribution in [0.15, 0.2) is 48.5 Å². The second-order valence-electron chi connectivity index (χ2n) is 5.64.